The molecule has 0 aliphatic carbocycles. The molecule has 0 aliphatic heterocycles. The molecule has 1 aromatic carbocycles. The van der Waals surface area contributed by atoms with Crippen molar-refractivity contribution in [2.75, 3.05) is 11.9 Å². The van der Waals surface area contributed by atoms with E-state index in [-0.39, 0.29) is 12.6 Å². The number of furan rings is 1. The Labute approximate surface area is 143 Å². The number of carbonyl (C=O) groups excluding carboxylic acids is 1. The van der Waals surface area contributed by atoms with Crippen molar-refractivity contribution >= 4 is 33.3 Å². The molecule has 1 atom stereocenters. The predicted molar refractivity (Wildman–Crippen MR) is 94.4 cm³/mol. The molecule has 0 aliphatic rings. The molecule has 3 aromatic rings. The van der Waals surface area contributed by atoms with E-state index in [2.05, 4.69) is 29.5 Å². The van der Waals surface area contributed by atoms with Crippen LogP contribution in [0.5, 0.6) is 0 Å². The van der Waals surface area contributed by atoms with Gasteiger partial charge in [0.1, 0.15) is 11.9 Å². The van der Waals surface area contributed by atoms with Crippen molar-refractivity contribution in [1.29, 1.82) is 0 Å². The maximum absolute atomic E-state index is 12.0. The maximum Gasteiger partial charge on any atom is 0.319 e. The lowest BCUT2D eigenvalue weighted by atomic mass is 10.2. The van der Waals surface area contributed by atoms with Gasteiger partial charge in [-0.2, -0.15) is 0 Å². The summed E-state index contributed by atoms with van der Waals surface area (Å²) in [6, 6.07) is 8.58. The Bertz CT molecular complexity index is 827. The van der Waals surface area contributed by atoms with Gasteiger partial charge < -0.3 is 20.2 Å². The Hall–Kier alpha value is -2.38. The number of hydrogen-bond donors (Lipinski definition) is 3. The third-order valence-corrected chi connectivity index (χ3v) is 4.80. The van der Waals surface area contributed by atoms with E-state index in [1.54, 1.807) is 23.5 Å². The zero-order valence-corrected chi connectivity index (χ0v) is 14.3. The first kappa shape index (κ1) is 16.5. The van der Waals surface area contributed by atoms with Gasteiger partial charge in [-0.05, 0) is 30.3 Å². The Kier molecular flexibility index (Phi) is 4.82. The molecule has 24 heavy (non-hydrogen) atoms. The molecule has 6 nitrogen and oxygen atoms in total. The lowest BCUT2D eigenvalue weighted by Crippen LogP contribution is -2.32. The lowest BCUT2D eigenvalue weighted by Gasteiger charge is -2.10. The van der Waals surface area contributed by atoms with Crippen LogP contribution in [0, 0.1) is 0 Å². The van der Waals surface area contributed by atoms with E-state index >= 15 is 0 Å². The van der Waals surface area contributed by atoms with Gasteiger partial charge in [-0.3, -0.25) is 0 Å². The van der Waals surface area contributed by atoms with Crippen LogP contribution in [0.25, 0.3) is 10.2 Å². The van der Waals surface area contributed by atoms with E-state index in [4.69, 9.17) is 4.42 Å². The summed E-state index contributed by atoms with van der Waals surface area (Å²) in [4.78, 5) is 16.5. The molecule has 126 valence electrons. The highest BCUT2D eigenvalue weighted by Crippen LogP contribution is 2.29. The van der Waals surface area contributed by atoms with E-state index in [9.17, 15) is 9.90 Å². The molecule has 0 fully saturated rings. The number of thiazole rings is 1. The van der Waals surface area contributed by atoms with Crippen LogP contribution in [0.1, 0.15) is 36.6 Å². The normalized spacial score (nSPS) is 12.5. The van der Waals surface area contributed by atoms with Crippen LogP contribution in [0.3, 0.4) is 0 Å². The fourth-order valence-electron chi connectivity index (χ4n) is 2.21. The highest BCUT2D eigenvalue weighted by Gasteiger charge is 2.12. The van der Waals surface area contributed by atoms with Crippen LogP contribution in [-0.2, 0) is 0 Å². The van der Waals surface area contributed by atoms with E-state index in [0.717, 1.165) is 15.2 Å². The van der Waals surface area contributed by atoms with Gasteiger partial charge in [0.2, 0.25) is 0 Å². The summed E-state index contributed by atoms with van der Waals surface area (Å²) in [6.07, 6.45) is 0.609. The molecule has 7 heteroatoms. The number of hydrogen-bond acceptors (Lipinski definition) is 5. The van der Waals surface area contributed by atoms with Crippen LogP contribution in [0.2, 0.25) is 0 Å². The fraction of sp³-hybridized carbons (Fsp3) is 0.294. The summed E-state index contributed by atoms with van der Waals surface area (Å²) in [6.45, 7) is 4.28. The number of carbonyl (C=O) groups is 1. The fourth-order valence-corrected chi connectivity index (χ4v) is 3.22. The molecule has 2 aromatic heterocycles. The van der Waals surface area contributed by atoms with Crippen molar-refractivity contribution in [3.63, 3.8) is 0 Å². The van der Waals surface area contributed by atoms with Gasteiger partial charge in [-0.15, -0.1) is 11.3 Å². The van der Waals surface area contributed by atoms with Crippen LogP contribution in [0.4, 0.5) is 10.5 Å². The topological polar surface area (TPSA) is 87.4 Å². The Morgan fingerprint density at radius 1 is 1.38 bits per heavy atom. The summed E-state index contributed by atoms with van der Waals surface area (Å²) in [5.74, 6) is 0.799. The van der Waals surface area contributed by atoms with Crippen molar-refractivity contribution in [3.05, 3.63) is 47.4 Å². The molecule has 1 unspecified atom stereocenters. The molecule has 0 radical (unpaired) electrons. The number of urea groups is 1. The minimum Gasteiger partial charge on any atom is -0.467 e. The van der Waals surface area contributed by atoms with Crippen molar-refractivity contribution in [2.24, 2.45) is 0 Å². The quantitative estimate of drug-likeness (QED) is 0.655. The van der Waals surface area contributed by atoms with Gasteiger partial charge in [0.25, 0.3) is 0 Å². The smallest absolute Gasteiger partial charge is 0.319 e. The van der Waals surface area contributed by atoms with Gasteiger partial charge in [0.05, 0.1) is 28.0 Å². The SMILES string of the molecule is CC(C)c1nc2ccc(NC(=O)NCC(O)c3ccco3)cc2s1. The van der Waals surface area contributed by atoms with Crippen molar-refractivity contribution < 1.29 is 14.3 Å². The minimum absolute atomic E-state index is 0.0691. The van der Waals surface area contributed by atoms with Gasteiger partial charge in [0.15, 0.2) is 0 Å². The van der Waals surface area contributed by atoms with E-state index in [0.29, 0.717) is 17.4 Å². The highest BCUT2D eigenvalue weighted by molar-refractivity contribution is 7.18. The second-order valence-electron chi connectivity index (χ2n) is 5.76. The van der Waals surface area contributed by atoms with Crippen LogP contribution in [0.15, 0.2) is 41.0 Å². The van der Waals surface area contributed by atoms with Crippen molar-refractivity contribution in [3.8, 4) is 0 Å². The van der Waals surface area contributed by atoms with Gasteiger partial charge >= 0.3 is 6.03 Å². The van der Waals surface area contributed by atoms with Gasteiger partial charge in [-0.25, -0.2) is 9.78 Å². The first-order chi connectivity index (χ1) is 11.5. The van der Waals surface area contributed by atoms with E-state index in [1.165, 1.54) is 6.26 Å². The average molecular weight is 345 g/mol. The van der Waals surface area contributed by atoms with Crippen LogP contribution >= 0.6 is 11.3 Å². The first-order valence-electron chi connectivity index (χ1n) is 7.69. The molecule has 3 N–H and O–H groups in total. The van der Waals surface area contributed by atoms with E-state index < -0.39 is 6.10 Å². The summed E-state index contributed by atoms with van der Waals surface area (Å²) in [5, 5.41) is 16.3. The van der Waals surface area contributed by atoms with E-state index in [1.807, 2.05) is 18.2 Å². The zero-order chi connectivity index (χ0) is 17.1. The summed E-state index contributed by atoms with van der Waals surface area (Å²) < 4.78 is 6.12. The Balaban J connectivity index is 1.60. The lowest BCUT2D eigenvalue weighted by molar-refractivity contribution is 0.149. The molecule has 0 saturated carbocycles. The molecular weight excluding hydrogens is 326 g/mol. The predicted octanol–water partition coefficient (Wildman–Crippen LogP) is 3.87. The number of amides is 2. The standard InChI is InChI=1S/C17H19N3O3S/c1-10(2)16-20-12-6-5-11(8-15(12)24-16)19-17(22)18-9-13(21)14-4-3-7-23-14/h3-8,10,13,21H,9H2,1-2H3,(H2,18,19,22). The number of aromatic nitrogens is 1. The number of benzene rings is 1. The zero-order valence-electron chi connectivity index (χ0n) is 13.4. The largest absolute Gasteiger partial charge is 0.467 e. The molecule has 2 amide bonds. The summed E-state index contributed by atoms with van der Waals surface area (Å²) >= 11 is 1.63. The number of aliphatic hydroxyl groups excluding tert-OH is 1. The second kappa shape index (κ2) is 7.02. The molecule has 3 rings (SSSR count). The first-order valence-corrected chi connectivity index (χ1v) is 8.51. The Morgan fingerprint density at radius 2 is 2.21 bits per heavy atom. The average Bonchev–Trinajstić information content (AvgIpc) is 3.21. The number of nitrogens with one attached hydrogen (secondary N) is 2. The number of rotatable bonds is 5. The minimum atomic E-state index is -0.872. The maximum atomic E-state index is 12.0. The monoisotopic (exact) mass is 345 g/mol. The molecule has 2 heterocycles. The van der Waals surface area contributed by atoms with Crippen LogP contribution < -0.4 is 10.6 Å². The van der Waals surface area contributed by atoms with Crippen molar-refractivity contribution in [1.82, 2.24) is 10.3 Å². The van der Waals surface area contributed by atoms with Crippen LogP contribution in [-0.4, -0.2) is 22.7 Å². The van der Waals surface area contributed by atoms with Crippen molar-refractivity contribution in [2.45, 2.75) is 25.9 Å². The van der Waals surface area contributed by atoms with Gasteiger partial charge in [0, 0.05) is 11.6 Å². The number of aliphatic hydroxyl groups is 1. The molecular formula is C17H19N3O3S. The third-order valence-electron chi connectivity index (χ3n) is 3.48. The van der Waals surface area contributed by atoms with Gasteiger partial charge in [-0.1, -0.05) is 13.8 Å². The number of anilines is 1. The molecule has 0 saturated heterocycles. The second-order valence-corrected chi connectivity index (χ2v) is 6.82. The summed E-state index contributed by atoms with van der Waals surface area (Å²) in [5.41, 5.74) is 1.62. The third kappa shape index (κ3) is 3.74. The summed E-state index contributed by atoms with van der Waals surface area (Å²) in [7, 11) is 0. The number of fused-ring (bicyclic) bond motifs is 1. The number of nitrogens with zero attached hydrogens (tertiary/aromatic N) is 1. The Morgan fingerprint density at radius 3 is 2.92 bits per heavy atom. The molecule has 0 spiro atoms. The molecule has 0 bridgehead atoms. The highest BCUT2D eigenvalue weighted by atomic mass is 32.1.